The lowest BCUT2D eigenvalue weighted by Gasteiger charge is -2.00. The molecule has 0 saturated carbocycles. The molecule has 0 aliphatic rings. The van der Waals surface area contributed by atoms with E-state index in [9.17, 15) is 5.11 Å². The van der Waals surface area contributed by atoms with Gasteiger partial charge in [-0.2, -0.15) is 0 Å². The molecule has 4 nitrogen and oxygen atoms in total. The van der Waals surface area contributed by atoms with Crippen LogP contribution in [0.2, 0.25) is 0 Å². The number of benzene rings is 2. The summed E-state index contributed by atoms with van der Waals surface area (Å²) in [5, 5.41) is 10.9. The Balaban J connectivity index is 1.89. The maximum atomic E-state index is 10.1. The van der Waals surface area contributed by atoms with E-state index in [1.165, 1.54) is 5.56 Å². The van der Waals surface area contributed by atoms with Crippen LogP contribution in [0.15, 0.2) is 47.5 Å². The minimum absolute atomic E-state index is 0.122. The number of fused-ring (bicyclic) bond motifs is 1. The molecule has 2 aromatic carbocycles. The lowest BCUT2D eigenvalue weighted by molar-refractivity contribution is 0.415. The summed E-state index contributed by atoms with van der Waals surface area (Å²) in [5.74, 6) is 0.871. The van der Waals surface area contributed by atoms with Crippen LogP contribution >= 0.6 is 0 Å². The quantitative estimate of drug-likeness (QED) is 0.719. The predicted molar refractivity (Wildman–Crippen MR) is 89.0 cm³/mol. The highest BCUT2D eigenvalue weighted by Gasteiger charge is 2.09. The Labute approximate surface area is 129 Å². The van der Waals surface area contributed by atoms with Gasteiger partial charge in [-0.15, -0.1) is 0 Å². The maximum Gasteiger partial charge on any atom is 0.198 e. The van der Waals surface area contributed by atoms with Gasteiger partial charge in [-0.3, -0.25) is 4.99 Å². The third-order valence-electron chi connectivity index (χ3n) is 3.60. The SMILES string of the molecule is COc1ccc2[nH]c(O)c(C=NCc3cccc(C)c3)c2c1. The van der Waals surface area contributed by atoms with Crippen LogP contribution in [0.25, 0.3) is 10.9 Å². The normalized spacial score (nSPS) is 11.4. The molecule has 0 amide bonds. The van der Waals surface area contributed by atoms with E-state index in [2.05, 4.69) is 29.0 Å². The molecule has 3 aromatic rings. The third-order valence-corrected chi connectivity index (χ3v) is 3.60. The third kappa shape index (κ3) is 2.81. The molecule has 1 heterocycles. The first-order valence-corrected chi connectivity index (χ1v) is 7.11. The van der Waals surface area contributed by atoms with Gasteiger partial charge in [0.1, 0.15) is 5.75 Å². The van der Waals surface area contributed by atoms with Gasteiger partial charge in [0, 0.05) is 17.1 Å². The van der Waals surface area contributed by atoms with Gasteiger partial charge >= 0.3 is 0 Å². The van der Waals surface area contributed by atoms with Crippen molar-refractivity contribution in [3.63, 3.8) is 0 Å². The fourth-order valence-electron chi connectivity index (χ4n) is 2.49. The van der Waals surface area contributed by atoms with Crippen LogP contribution in [0, 0.1) is 6.92 Å². The lowest BCUT2D eigenvalue weighted by Crippen LogP contribution is -1.86. The molecule has 0 bridgehead atoms. The molecule has 0 spiro atoms. The predicted octanol–water partition coefficient (Wildman–Crippen LogP) is 3.81. The van der Waals surface area contributed by atoms with Crippen LogP contribution in [-0.2, 0) is 6.54 Å². The van der Waals surface area contributed by atoms with Crippen molar-refractivity contribution in [3.8, 4) is 11.6 Å². The Bertz CT molecular complexity index is 834. The highest BCUT2D eigenvalue weighted by molar-refractivity contribution is 6.02. The highest BCUT2D eigenvalue weighted by atomic mass is 16.5. The minimum atomic E-state index is 0.122. The molecular weight excluding hydrogens is 276 g/mol. The van der Waals surface area contributed by atoms with E-state index >= 15 is 0 Å². The molecular formula is C18H18N2O2. The van der Waals surface area contributed by atoms with Gasteiger partial charge < -0.3 is 14.8 Å². The number of nitrogens with one attached hydrogen (secondary N) is 1. The number of hydrogen-bond donors (Lipinski definition) is 2. The number of aliphatic imine (C=N–C) groups is 1. The van der Waals surface area contributed by atoms with Crippen LogP contribution in [0.5, 0.6) is 11.6 Å². The lowest BCUT2D eigenvalue weighted by atomic mass is 10.1. The molecule has 4 heteroatoms. The summed E-state index contributed by atoms with van der Waals surface area (Å²) in [7, 11) is 1.62. The topological polar surface area (TPSA) is 57.6 Å². The second kappa shape index (κ2) is 5.93. The van der Waals surface area contributed by atoms with E-state index in [0.717, 1.165) is 22.2 Å². The van der Waals surface area contributed by atoms with Crippen LogP contribution < -0.4 is 4.74 Å². The van der Waals surface area contributed by atoms with Crippen LogP contribution in [0.3, 0.4) is 0 Å². The molecule has 0 unspecified atom stereocenters. The van der Waals surface area contributed by atoms with Gasteiger partial charge in [0.2, 0.25) is 0 Å². The number of methoxy groups -OCH3 is 1. The summed E-state index contributed by atoms with van der Waals surface area (Å²) in [4.78, 5) is 7.39. The van der Waals surface area contributed by atoms with Crippen molar-refractivity contribution >= 4 is 17.1 Å². The monoisotopic (exact) mass is 294 g/mol. The number of hydrogen-bond acceptors (Lipinski definition) is 3. The Morgan fingerprint density at radius 2 is 2.09 bits per heavy atom. The van der Waals surface area contributed by atoms with Gasteiger partial charge in [0.15, 0.2) is 5.88 Å². The Hall–Kier alpha value is -2.75. The second-order valence-corrected chi connectivity index (χ2v) is 5.26. The summed E-state index contributed by atoms with van der Waals surface area (Å²) in [6.07, 6.45) is 1.70. The summed E-state index contributed by atoms with van der Waals surface area (Å²) in [6.45, 7) is 2.64. The number of aromatic hydroxyl groups is 1. The Morgan fingerprint density at radius 1 is 1.23 bits per heavy atom. The van der Waals surface area contributed by atoms with Crippen molar-refractivity contribution in [1.29, 1.82) is 0 Å². The minimum Gasteiger partial charge on any atom is -0.497 e. The number of aryl methyl sites for hydroxylation is 1. The van der Waals surface area contributed by atoms with Crippen molar-refractivity contribution in [2.45, 2.75) is 13.5 Å². The van der Waals surface area contributed by atoms with Crippen molar-refractivity contribution in [1.82, 2.24) is 4.98 Å². The first kappa shape index (κ1) is 14.2. The molecule has 0 atom stereocenters. The molecule has 0 radical (unpaired) electrons. The van der Waals surface area contributed by atoms with Crippen molar-refractivity contribution in [3.05, 3.63) is 59.2 Å². The van der Waals surface area contributed by atoms with Gasteiger partial charge in [0.25, 0.3) is 0 Å². The summed E-state index contributed by atoms with van der Waals surface area (Å²) in [5.41, 5.74) is 3.90. The fourth-order valence-corrected chi connectivity index (χ4v) is 2.49. The van der Waals surface area contributed by atoms with Gasteiger partial charge in [-0.25, -0.2) is 0 Å². The van der Waals surface area contributed by atoms with E-state index in [1.807, 2.05) is 30.3 Å². The van der Waals surface area contributed by atoms with Crippen molar-refractivity contribution in [2.24, 2.45) is 4.99 Å². The Kier molecular flexibility index (Phi) is 3.83. The molecule has 0 saturated heterocycles. The zero-order valence-electron chi connectivity index (χ0n) is 12.6. The molecule has 112 valence electrons. The summed E-state index contributed by atoms with van der Waals surface area (Å²) in [6, 6.07) is 13.9. The highest BCUT2D eigenvalue weighted by Crippen LogP contribution is 2.28. The van der Waals surface area contributed by atoms with Crippen LogP contribution in [0.4, 0.5) is 0 Å². The molecule has 0 fully saturated rings. The first-order chi connectivity index (χ1) is 10.7. The molecule has 0 aliphatic carbocycles. The second-order valence-electron chi connectivity index (χ2n) is 5.26. The molecule has 2 N–H and O–H groups in total. The maximum absolute atomic E-state index is 10.1. The number of aromatic nitrogens is 1. The smallest absolute Gasteiger partial charge is 0.198 e. The zero-order chi connectivity index (χ0) is 15.5. The number of aromatic amines is 1. The van der Waals surface area contributed by atoms with E-state index in [-0.39, 0.29) is 5.88 Å². The molecule has 3 rings (SSSR count). The van der Waals surface area contributed by atoms with E-state index < -0.39 is 0 Å². The van der Waals surface area contributed by atoms with E-state index in [1.54, 1.807) is 13.3 Å². The molecule has 0 aliphatic heterocycles. The summed E-state index contributed by atoms with van der Waals surface area (Å²) >= 11 is 0. The fraction of sp³-hybridized carbons (Fsp3) is 0.167. The van der Waals surface area contributed by atoms with Gasteiger partial charge in [-0.05, 0) is 30.7 Å². The number of H-pyrrole nitrogens is 1. The average molecular weight is 294 g/mol. The van der Waals surface area contributed by atoms with Crippen LogP contribution in [-0.4, -0.2) is 23.4 Å². The first-order valence-electron chi connectivity index (χ1n) is 7.11. The van der Waals surface area contributed by atoms with Crippen molar-refractivity contribution in [2.75, 3.05) is 7.11 Å². The standard InChI is InChI=1S/C18H18N2O2/c1-12-4-3-5-13(8-12)10-19-11-16-15-9-14(22-2)6-7-17(15)20-18(16)21/h3-9,11,20-21H,10H2,1-2H3. The van der Waals surface area contributed by atoms with Crippen LogP contribution in [0.1, 0.15) is 16.7 Å². The number of nitrogens with zero attached hydrogens (tertiary/aromatic N) is 1. The van der Waals surface area contributed by atoms with E-state index in [0.29, 0.717) is 12.1 Å². The average Bonchev–Trinajstić information content (AvgIpc) is 2.82. The van der Waals surface area contributed by atoms with Gasteiger partial charge in [0.05, 0.1) is 19.2 Å². The molecule has 1 aromatic heterocycles. The van der Waals surface area contributed by atoms with Crippen molar-refractivity contribution < 1.29 is 9.84 Å². The zero-order valence-corrected chi connectivity index (χ0v) is 12.6. The summed E-state index contributed by atoms with van der Waals surface area (Å²) < 4.78 is 5.23. The van der Waals surface area contributed by atoms with Gasteiger partial charge in [-0.1, -0.05) is 29.8 Å². The Morgan fingerprint density at radius 3 is 2.86 bits per heavy atom. The molecule has 22 heavy (non-hydrogen) atoms. The largest absolute Gasteiger partial charge is 0.497 e. The number of ether oxygens (including phenoxy) is 1. The van der Waals surface area contributed by atoms with E-state index in [4.69, 9.17) is 4.74 Å². The number of rotatable bonds is 4.